The molecule has 1 aromatic heterocycles. The molecule has 0 bridgehead atoms. The highest BCUT2D eigenvalue weighted by Crippen LogP contribution is 2.23. The van der Waals surface area contributed by atoms with E-state index in [0.717, 1.165) is 10.9 Å². The van der Waals surface area contributed by atoms with E-state index in [1.807, 2.05) is 22.4 Å². The first-order valence-corrected chi connectivity index (χ1v) is 8.41. The van der Waals surface area contributed by atoms with Crippen LogP contribution in [0, 0.1) is 11.6 Å². The highest BCUT2D eigenvalue weighted by molar-refractivity contribution is 7.10. The fourth-order valence-electron chi connectivity index (χ4n) is 2.65. The van der Waals surface area contributed by atoms with Crippen molar-refractivity contribution in [2.24, 2.45) is 0 Å². The average molecular weight is 337 g/mol. The third kappa shape index (κ3) is 4.07. The van der Waals surface area contributed by atoms with Crippen LogP contribution in [0.15, 0.2) is 35.7 Å². The predicted molar refractivity (Wildman–Crippen MR) is 84.6 cm³/mol. The summed E-state index contributed by atoms with van der Waals surface area (Å²) in [5, 5.41) is 1.96. The molecule has 1 saturated heterocycles. The summed E-state index contributed by atoms with van der Waals surface area (Å²) in [6.45, 7) is 1.19. The van der Waals surface area contributed by atoms with E-state index >= 15 is 0 Å². The number of carbonyl (C=O) groups is 1. The van der Waals surface area contributed by atoms with Gasteiger partial charge in [0.25, 0.3) is 0 Å². The van der Waals surface area contributed by atoms with Gasteiger partial charge in [0.1, 0.15) is 11.9 Å². The maximum absolute atomic E-state index is 13.6. The zero-order chi connectivity index (χ0) is 16.2. The normalized spacial score (nSPS) is 15.7. The Labute approximate surface area is 137 Å². The average Bonchev–Trinajstić information content (AvgIpc) is 3.04. The van der Waals surface area contributed by atoms with Gasteiger partial charge in [-0.1, -0.05) is 6.07 Å². The molecule has 1 amide bonds. The van der Waals surface area contributed by atoms with Gasteiger partial charge in [0.05, 0.1) is 6.42 Å². The standard InChI is InChI=1S/C17H17F2NO2S/c18-12-3-4-16(15(19)10-12)22-13-5-7-20(8-6-13)17(21)11-14-2-1-9-23-14/h1-4,9-10,13H,5-8,11H2. The van der Waals surface area contributed by atoms with Crippen LogP contribution in [0.1, 0.15) is 17.7 Å². The number of amides is 1. The molecule has 0 radical (unpaired) electrons. The molecule has 1 fully saturated rings. The number of hydrogen-bond acceptors (Lipinski definition) is 3. The molecular weight excluding hydrogens is 320 g/mol. The lowest BCUT2D eigenvalue weighted by Crippen LogP contribution is -2.42. The molecule has 6 heteroatoms. The zero-order valence-electron chi connectivity index (χ0n) is 12.5. The minimum absolute atomic E-state index is 0.0646. The third-order valence-corrected chi connectivity index (χ3v) is 4.76. The molecular formula is C17H17F2NO2S. The second-order valence-electron chi connectivity index (χ2n) is 5.53. The summed E-state index contributed by atoms with van der Waals surface area (Å²) in [5.74, 6) is -1.14. The molecule has 1 aliphatic rings. The molecule has 2 aromatic rings. The number of thiophene rings is 1. The first-order chi connectivity index (χ1) is 11.1. The SMILES string of the molecule is O=C(Cc1cccs1)N1CCC(Oc2ccc(F)cc2F)CC1. The van der Waals surface area contributed by atoms with Crippen LogP contribution in [0.2, 0.25) is 0 Å². The van der Waals surface area contributed by atoms with E-state index in [1.54, 1.807) is 11.3 Å². The van der Waals surface area contributed by atoms with Crippen molar-refractivity contribution in [1.82, 2.24) is 4.90 Å². The summed E-state index contributed by atoms with van der Waals surface area (Å²) in [5.41, 5.74) is 0. The molecule has 0 aliphatic carbocycles. The molecule has 0 N–H and O–H groups in total. The lowest BCUT2D eigenvalue weighted by Gasteiger charge is -2.32. The lowest BCUT2D eigenvalue weighted by atomic mass is 10.1. The van der Waals surface area contributed by atoms with E-state index in [0.29, 0.717) is 32.4 Å². The first kappa shape index (κ1) is 15.9. The summed E-state index contributed by atoms with van der Waals surface area (Å²) < 4.78 is 32.1. The van der Waals surface area contributed by atoms with Crippen molar-refractivity contribution in [3.63, 3.8) is 0 Å². The molecule has 2 heterocycles. The van der Waals surface area contributed by atoms with Crippen molar-refractivity contribution in [3.05, 3.63) is 52.2 Å². The minimum Gasteiger partial charge on any atom is -0.487 e. The Hall–Kier alpha value is -1.95. The van der Waals surface area contributed by atoms with Crippen LogP contribution in [-0.4, -0.2) is 30.0 Å². The van der Waals surface area contributed by atoms with Crippen molar-refractivity contribution in [1.29, 1.82) is 0 Å². The van der Waals surface area contributed by atoms with Gasteiger partial charge in [-0.25, -0.2) is 8.78 Å². The Balaban J connectivity index is 1.51. The minimum atomic E-state index is -0.693. The Kier molecular flexibility index (Phi) is 4.91. The van der Waals surface area contributed by atoms with E-state index in [2.05, 4.69) is 0 Å². The number of nitrogens with zero attached hydrogens (tertiary/aromatic N) is 1. The van der Waals surface area contributed by atoms with Gasteiger partial charge in [-0.05, 0) is 23.6 Å². The van der Waals surface area contributed by atoms with E-state index in [9.17, 15) is 13.6 Å². The fourth-order valence-corrected chi connectivity index (χ4v) is 3.34. The second-order valence-corrected chi connectivity index (χ2v) is 6.56. The molecule has 3 rings (SSSR count). The molecule has 0 unspecified atom stereocenters. The van der Waals surface area contributed by atoms with E-state index < -0.39 is 11.6 Å². The van der Waals surface area contributed by atoms with Gasteiger partial charge in [0, 0.05) is 36.9 Å². The summed E-state index contributed by atoms with van der Waals surface area (Å²) in [6, 6.07) is 7.19. The number of likely N-dealkylation sites (tertiary alicyclic amines) is 1. The molecule has 23 heavy (non-hydrogen) atoms. The van der Waals surface area contributed by atoms with Gasteiger partial charge in [0.15, 0.2) is 11.6 Å². The van der Waals surface area contributed by atoms with Crippen LogP contribution in [0.4, 0.5) is 8.78 Å². The van der Waals surface area contributed by atoms with Crippen LogP contribution in [-0.2, 0) is 11.2 Å². The van der Waals surface area contributed by atoms with Crippen LogP contribution in [0.3, 0.4) is 0 Å². The summed E-state index contributed by atoms with van der Waals surface area (Å²) in [6.07, 6.45) is 1.57. The zero-order valence-corrected chi connectivity index (χ0v) is 13.3. The topological polar surface area (TPSA) is 29.5 Å². The summed E-state index contributed by atoms with van der Waals surface area (Å²) in [7, 11) is 0. The highest BCUT2D eigenvalue weighted by Gasteiger charge is 2.24. The van der Waals surface area contributed by atoms with Crippen molar-refractivity contribution >= 4 is 17.2 Å². The van der Waals surface area contributed by atoms with Gasteiger partial charge in [-0.3, -0.25) is 4.79 Å². The molecule has 3 nitrogen and oxygen atoms in total. The largest absolute Gasteiger partial charge is 0.487 e. The van der Waals surface area contributed by atoms with Crippen molar-refractivity contribution in [2.45, 2.75) is 25.4 Å². The van der Waals surface area contributed by atoms with Gasteiger partial charge < -0.3 is 9.64 Å². The van der Waals surface area contributed by atoms with Crippen LogP contribution < -0.4 is 4.74 Å². The van der Waals surface area contributed by atoms with Gasteiger partial charge >= 0.3 is 0 Å². The lowest BCUT2D eigenvalue weighted by molar-refractivity contribution is -0.132. The molecule has 0 spiro atoms. The predicted octanol–water partition coefficient (Wildman–Crippen LogP) is 3.64. The maximum atomic E-state index is 13.6. The Morgan fingerprint density at radius 3 is 2.70 bits per heavy atom. The maximum Gasteiger partial charge on any atom is 0.227 e. The van der Waals surface area contributed by atoms with E-state index in [4.69, 9.17) is 4.74 Å². The number of benzene rings is 1. The smallest absolute Gasteiger partial charge is 0.227 e. The van der Waals surface area contributed by atoms with Crippen molar-refractivity contribution in [3.8, 4) is 5.75 Å². The molecule has 0 atom stereocenters. The number of carbonyl (C=O) groups excluding carboxylic acids is 1. The number of rotatable bonds is 4. The van der Waals surface area contributed by atoms with Crippen LogP contribution >= 0.6 is 11.3 Å². The molecule has 122 valence electrons. The first-order valence-electron chi connectivity index (χ1n) is 7.53. The summed E-state index contributed by atoms with van der Waals surface area (Å²) in [4.78, 5) is 15.1. The van der Waals surface area contributed by atoms with Crippen molar-refractivity contribution in [2.75, 3.05) is 13.1 Å². The monoisotopic (exact) mass is 337 g/mol. The third-order valence-electron chi connectivity index (χ3n) is 3.89. The number of piperidine rings is 1. The van der Waals surface area contributed by atoms with Crippen molar-refractivity contribution < 1.29 is 18.3 Å². The highest BCUT2D eigenvalue weighted by atomic mass is 32.1. The van der Waals surface area contributed by atoms with E-state index in [-0.39, 0.29) is 17.8 Å². The van der Waals surface area contributed by atoms with Crippen LogP contribution in [0.25, 0.3) is 0 Å². The van der Waals surface area contributed by atoms with E-state index in [1.165, 1.54) is 12.1 Å². The summed E-state index contributed by atoms with van der Waals surface area (Å²) >= 11 is 1.58. The Bertz CT molecular complexity index is 667. The Morgan fingerprint density at radius 2 is 2.04 bits per heavy atom. The fraction of sp³-hybridized carbons (Fsp3) is 0.353. The number of ether oxygens (including phenoxy) is 1. The Morgan fingerprint density at radius 1 is 1.26 bits per heavy atom. The molecule has 1 aromatic carbocycles. The van der Waals surface area contributed by atoms with Gasteiger partial charge in [-0.2, -0.15) is 0 Å². The van der Waals surface area contributed by atoms with Gasteiger partial charge in [-0.15, -0.1) is 11.3 Å². The molecule has 1 aliphatic heterocycles. The molecule has 0 saturated carbocycles. The quantitative estimate of drug-likeness (QED) is 0.852. The second kappa shape index (κ2) is 7.08. The van der Waals surface area contributed by atoms with Gasteiger partial charge in [0.2, 0.25) is 5.91 Å². The van der Waals surface area contributed by atoms with Crippen LogP contribution in [0.5, 0.6) is 5.75 Å². The number of hydrogen-bond donors (Lipinski definition) is 0. The number of halogens is 2.